The van der Waals surface area contributed by atoms with Crippen molar-refractivity contribution in [3.8, 4) is 5.75 Å². The molecule has 132 valence electrons. The normalized spacial score (nSPS) is 11.3. The summed E-state index contributed by atoms with van der Waals surface area (Å²) in [6, 6.07) is 4.83. The Morgan fingerprint density at radius 2 is 2.00 bits per heavy atom. The first-order chi connectivity index (χ1) is 11.2. The summed E-state index contributed by atoms with van der Waals surface area (Å²) < 4.78 is 15.7. The Kier molecular flexibility index (Phi) is 7.26. The number of carboxylic acid groups (broad SMARTS) is 1. The van der Waals surface area contributed by atoms with Crippen LogP contribution in [0.1, 0.15) is 33.3 Å². The molecule has 0 aromatic heterocycles. The quantitative estimate of drug-likeness (QED) is 0.449. The molecule has 7 nitrogen and oxygen atoms in total. The van der Waals surface area contributed by atoms with Crippen molar-refractivity contribution in [2.24, 2.45) is 0 Å². The number of hydrogen-bond acceptors (Lipinski definition) is 5. The van der Waals surface area contributed by atoms with E-state index in [2.05, 4.69) is 5.32 Å². The number of ether oxygens (including phenoxy) is 3. The third kappa shape index (κ3) is 7.64. The monoisotopic (exact) mass is 337 g/mol. The minimum atomic E-state index is -1.09. The molecule has 0 aliphatic rings. The molecule has 0 aliphatic carbocycles. The highest BCUT2D eigenvalue weighted by Gasteiger charge is 2.16. The molecule has 2 N–H and O–H groups in total. The van der Waals surface area contributed by atoms with Crippen LogP contribution in [0.3, 0.4) is 0 Å². The van der Waals surface area contributed by atoms with Crippen LogP contribution in [0, 0.1) is 0 Å². The van der Waals surface area contributed by atoms with Crippen LogP contribution >= 0.6 is 0 Å². The van der Waals surface area contributed by atoms with Crippen LogP contribution in [0.4, 0.5) is 10.5 Å². The summed E-state index contributed by atoms with van der Waals surface area (Å²) in [6.07, 6.45) is 1.77. The first-order valence-electron chi connectivity index (χ1n) is 7.47. The number of aliphatic carboxylic acids is 1. The molecule has 1 aromatic rings. The Hall–Kier alpha value is -2.54. The SMILES string of the molecule is CCOCOc1ccc(NC(=O)OC(C)(C)C)cc1/C=C/C(=O)O. The van der Waals surface area contributed by atoms with Crippen molar-refractivity contribution in [2.75, 3.05) is 18.7 Å². The molecule has 0 bridgehead atoms. The third-order valence-corrected chi connectivity index (χ3v) is 2.56. The first kappa shape index (κ1) is 19.5. The van der Waals surface area contributed by atoms with Crippen molar-refractivity contribution >= 4 is 23.8 Å². The Balaban J connectivity index is 2.93. The number of carbonyl (C=O) groups is 2. The Morgan fingerprint density at radius 1 is 1.29 bits per heavy atom. The van der Waals surface area contributed by atoms with Gasteiger partial charge in [-0.2, -0.15) is 0 Å². The smallest absolute Gasteiger partial charge is 0.412 e. The van der Waals surface area contributed by atoms with E-state index in [1.165, 1.54) is 6.08 Å². The summed E-state index contributed by atoms with van der Waals surface area (Å²) in [5.41, 5.74) is 0.333. The lowest BCUT2D eigenvalue weighted by atomic mass is 10.1. The summed E-state index contributed by atoms with van der Waals surface area (Å²) in [5, 5.41) is 11.4. The highest BCUT2D eigenvalue weighted by Crippen LogP contribution is 2.25. The maximum absolute atomic E-state index is 11.8. The fraction of sp³-hybridized carbons (Fsp3) is 0.412. The molecule has 0 saturated carbocycles. The standard InChI is InChI=1S/C17H23NO6/c1-5-22-11-23-14-8-7-13(10-12(14)6-9-15(19)20)18-16(21)24-17(2,3)4/h6-10H,5,11H2,1-4H3,(H,18,21)(H,19,20)/b9-6+. The molecule has 0 unspecified atom stereocenters. The van der Waals surface area contributed by atoms with Gasteiger partial charge in [0.15, 0.2) is 6.79 Å². The van der Waals surface area contributed by atoms with Gasteiger partial charge in [0, 0.05) is 23.9 Å². The molecule has 0 atom stereocenters. The molecule has 1 aromatic carbocycles. The molecule has 0 spiro atoms. The average molecular weight is 337 g/mol. The zero-order chi connectivity index (χ0) is 18.2. The second-order valence-electron chi connectivity index (χ2n) is 5.81. The van der Waals surface area contributed by atoms with Crippen LogP contribution in [-0.2, 0) is 14.3 Å². The number of rotatable bonds is 7. The van der Waals surface area contributed by atoms with Gasteiger partial charge in [-0.1, -0.05) is 0 Å². The van der Waals surface area contributed by atoms with Gasteiger partial charge in [0.25, 0.3) is 0 Å². The van der Waals surface area contributed by atoms with Crippen molar-refractivity contribution in [3.05, 3.63) is 29.8 Å². The van der Waals surface area contributed by atoms with E-state index in [9.17, 15) is 9.59 Å². The highest BCUT2D eigenvalue weighted by atomic mass is 16.7. The summed E-state index contributed by atoms with van der Waals surface area (Å²) in [6.45, 7) is 7.67. The van der Waals surface area contributed by atoms with Crippen molar-refractivity contribution in [3.63, 3.8) is 0 Å². The number of benzene rings is 1. The predicted octanol–water partition coefficient (Wildman–Crippen LogP) is 3.50. The van der Waals surface area contributed by atoms with Gasteiger partial charge >= 0.3 is 12.1 Å². The zero-order valence-corrected chi connectivity index (χ0v) is 14.3. The number of hydrogen-bond donors (Lipinski definition) is 2. The van der Waals surface area contributed by atoms with E-state index in [1.54, 1.807) is 39.0 Å². The van der Waals surface area contributed by atoms with Gasteiger partial charge in [-0.25, -0.2) is 9.59 Å². The average Bonchev–Trinajstić information content (AvgIpc) is 2.45. The maximum Gasteiger partial charge on any atom is 0.412 e. The Bertz CT molecular complexity index is 604. The Labute approximate surface area is 141 Å². The fourth-order valence-electron chi connectivity index (χ4n) is 1.66. The van der Waals surface area contributed by atoms with Gasteiger partial charge in [-0.3, -0.25) is 5.32 Å². The van der Waals surface area contributed by atoms with Crippen LogP contribution in [0.25, 0.3) is 6.08 Å². The zero-order valence-electron chi connectivity index (χ0n) is 14.3. The van der Waals surface area contributed by atoms with Gasteiger partial charge in [-0.05, 0) is 52.0 Å². The summed E-state index contributed by atoms with van der Waals surface area (Å²) in [5.74, 6) is -0.646. The molecule has 0 fully saturated rings. The van der Waals surface area contributed by atoms with Gasteiger partial charge < -0.3 is 19.3 Å². The van der Waals surface area contributed by atoms with E-state index >= 15 is 0 Å². The van der Waals surface area contributed by atoms with E-state index in [1.807, 2.05) is 6.92 Å². The van der Waals surface area contributed by atoms with Gasteiger partial charge in [0.05, 0.1) is 0 Å². The maximum atomic E-state index is 11.8. The number of carbonyl (C=O) groups excluding carboxylic acids is 1. The van der Waals surface area contributed by atoms with Gasteiger partial charge in [-0.15, -0.1) is 0 Å². The van der Waals surface area contributed by atoms with E-state index in [0.29, 0.717) is 23.6 Å². The van der Waals surface area contributed by atoms with Crippen LogP contribution in [0.2, 0.25) is 0 Å². The largest absolute Gasteiger partial charge is 0.478 e. The van der Waals surface area contributed by atoms with Crippen LogP contribution < -0.4 is 10.1 Å². The van der Waals surface area contributed by atoms with E-state index in [4.69, 9.17) is 19.3 Å². The van der Waals surface area contributed by atoms with Crippen LogP contribution in [0.15, 0.2) is 24.3 Å². The molecule has 7 heteroatoms. The van der Waals surface area contributed by atoms with Gasteiger partial charge in [0.2, 0.25) is 0 Å². The second kappa shape index (κ2) is 8.93. The lowest BCUT2D eigenvalue weighted by Gasteiger charge is -2.20. The lowest BCUT2D eigenvalue weighted by molar-refractivity contribution is -0.131. The number of anilines is 1. The molecular formula is C17H23NO6. The third-order valence-electron chi connectivity index (χ3n) is 2.56. The highest BCUT2D eigenvalue weighted by molar-refractivity contribution is 5.88. The van der Waals surface area contributed by atoms with Crippen molar-refractivity contribution in [1.82, 2.24) is 0 Å². The molecule has 0 radical (unpaired) electrons. The molecule has 0 heterocycles. The van der Waals surface area contributed by atoms with Crippen LogP contribution in [-0.4, -0.2) is 36.2 Å². The minimum absolute atomic E-state index is 0.0449. The van der Waals surface area contributed by atoms with Crippen molar-refractivity contribution in [1.29, 1.82) is 0 Å². The van der Waals surface area contributed by atoms with E-state index < -0.39 is 17.7 Å². The topological polar surface area (TPSA) is 94.1 Å². The van der Waals surface area contributed by atoms with Gasteiger partial charge in [0.1, 0.15) is 11.4 Å². The molecule has 0 aliphatic heterocycles. The molecule has 1 amide bonds. The minimum Gasteiger partial charge on any atom is -0.478 e. The number of amides is 1. The van der Waals surface area contributed by atoms with Crippen molar-refractivity contribution < 1.29 is 28.9 Å². The summed E-state index contributed by atoms with van der Waals surface area (Å²) >= 11 is 0. The predicted molar refractivity (Wildman–Crippen MR) is 90.1 cm³/mol. The number of nitrogens with one attached hydrogen (secondary N) is 1. The first-order valence-corrected chi connectivity index (χ1v) is 7.47. The number of carboxylic acids is 1. The molecule has 24 heavy (non-hydrogen) atoms. The summed E-state index contributed by atoms with van der Waals surface area (Å²) in [7, 11) is 0. The summed E-state index contributed by atoms with van der Waals surface area (Å²) in [4.78, 5) is 22.5. The van der Waals surface area contributed by atoms with E-state index in [0.717, 1.165) is 6.08 Å². The molecule has 1 rings (SSSR count). The van der Waals surface area contributed by atoms with Crippen LogP contribution in [0.5, 0.6) is 5.75 Å². The molecule has 0 saturated heterocycles. The van der Waals surface area contributed by atoms with Crippen molar-refractivity contribution in [2.45, 2.75) is 33.3 Å². The second-order valence-corrected chi connectivity index (χ2v) is 5.81. The lowest BCUT2D eigenvalue weighted by Crippen LogP contribution is -2.27. The molecular weight excluding hydrogens is 314 g/mol. The fourth-order valence-corrected chi connectivity index (χ4v) is 1.66. The van der Waals surface area contributed by atoms with E-state index in [-0.39, 0.29) is 6.79 Å². The Morgan fingerprint density at radius 3 is 2.58 bits per heavy atom.